The van der Waals surface area contributed by atoms with Crippen LogP contribution in [-0.4, -0.2) is 24.5 Å². The SMILES string of the molecule is O=C(CNC1CCCC1)N(c1ccccc1)C1CCCCC1. The van der Waals surface area contributed by atoms with Gasteiger partial charge in [0, 0.05) is 17.8 Å². The Bertz CT molecular complexity index is 462. The van der Waals surface area contributed by atoms with E-state index in [0.717, 1.165) is 18.5 Å². The molecule has 0 heterocycles. The van der Waals surface area contributed by atoms with E-state index in [0.29, 0.717) is 18.6 Å². The summed E-state index contributed by atoms with van der Waals surface area (Å²) in [4.78, 5) is 14.9. The quantitative estimate of drug-likeness (QED) is 0.895. The van der Waals surface area contributed by atoms with Crippen molar-refractivity contribution in [1.82, 2.24) is 5.32 Å². The topological polar surface area (TPSA) is 32.3 Å². The second kappa shape index (κ2) is 7.77. The number of nitrogens with zero attached hydrogens (tertiary/aromatic N) is 1. The van der Waals surface area contributed by atoms with Gasteiger partial charge in [-0.25, -0.2) is 0 Å². The predicted octanol–water partition coefficient (Wildman–Crippen LogP) is 3.88. The first-order chi connectivity index (χ1) is 10.8. The van der Waals surface area contributed by atoms with Gasteiger partial charge in [0.25, 0.3) is 0 Å². The van der Waals surface area contributed by atoms with Crippen LogP contribution in [-0.2, 0) is 4.79 Å². The Hall–Kier alpha value is -1.35. The van der Waals surface area contributed by atoms with Crippen LogP contribution < -0.4 is 10.2 Å². The molecule has 0 unspecified atom stereocenters. The molecule has 22 heavy (non-hydrogen) atoms. The van der Waals surface area contributed by atoms with Crippen LogP contribution in [0.25, 0.3) is 0 Å². The number of hydrogen-bond donors (Lipinski definition) is 1. The Labute approximate surface area is 134 Å². The summed E-state index contributed by atoms with van der Waals surface area (Å²) in [7, 11) is 0. The predicted molar refractivity (Wildman–Crippen MR) is 91.1 cm³/mol. The van der Waals surface area contributed by atoms with Gasteiger partial charge in [0.15, 0.2) is 0 Å². The van der Waals surface area contributed by atoms with Crippen LogP contribution in [0.1, 0.15) is 57.8 Å². The first kappa shape index (κ1) is 15.5. The van der Waals surface area contributed by atoms with Gasteiger partial charge in [-0.3, -0.25) is 4.79 Å². The molecule has 1 amide bonds. The number of nitrogens with one attached hydrogen (secondary N) is 1. The van der Waals surface area contributed by atoms with E-state index in [9.17, 15) is 4.79 Å². The lowest BCUT2D eigenvalue weighted by atomic mass is 9.93. The summed E-state index contributed by atoms with van der Waals surface area (Å²) in [6.07, 6.45) is 11.1. The zero-order valence-electron chi connectivity index (χ0n) is 13.5. The Morgan fingerprint density at radius 3 is 2.27 bits per heavy atom. The highest BCUT2D eigenvalue weighted by molar-refractivity contribution is 5.95. The minimum atomic E-state index is 0.241. The van der Waals surface area contributed by atoms with E-state index in [1.54, 1.807) is 0 Å². The maximum absolute atomic E-state index is 12.9. The normalized spacial score (nSPS) is 20.2. The largest absolute Gasteiger partial charge is 0.308 e. The molecule has 1 aromatic carbocycles. The molecule has 0 bridgehead atoms. The molecule has 0 aliphatic heterocycles. The summed E-state index contributed by atoms with van der Waals surface area (Å²) < 4.78 is 0. The van der Waals surface area contributed by atoms with Crippen LogP contribution in [0.5, 0.6) is 0 Å². The van der Waals surface area contributed by atoms with Crippen molar-refractivity contribution in [3.8, 4) is 0 Å². The van der Waals surface area contributed by atoms with Gasteiger partial charge in [-0.05, 0) is 37.8 Å². The molecular weight excluding hydrogens is 272 g/mol. The standard InChI is InChI=1S/C19H28N2O/c22-19(15-20-16-9-7-8-10-16)21(17-11-3-1-4-12-17)18-13-5-2-6-14-18/h1,3-4,11-12,16,18,20H,2,5-10,13-15H2. The summed E-state index contributed by atoms with van der Waals surface area (Å²) in [6.45, 7) is 0.482. The minimum Gasteiger partial charge on any atom is -0.308 e. The fraction of sp³-hybridized carbons (Fsp3) is 0.632. The summed E-state index contributed by atoms with van der Waals surface area (Å²) in [6, 6.07) is 11.2. The Morgan fingerprint density at radius 1 is 0.955 bits per heavy atom. The highest BCUT2D eigenvalue weighted by Gasteiger charge is 2.27. The van der Waals surface area contributed by atoms with Crippen molar-refractivity contribution in [3.05, 3.63) is 30.3 Å². The van der Waals surface area contributed by atoms with Crippen LogP contribution in [0.4, 0.5) is 5.69 Å². The number of amides is 1. The molecule has 1 aromatic rings. The van der Waals surface area contributed by atoms with Crippen LogP contribution in [0.15, 0.2) is 30.3 Å². The number of rotatable bonds is 5. The molecule has 0 radical (unpaired) electrons. The number of carbonyl (C=O) groups excluding carboxylic acids is 1. The smallest absolute Gasteiger partial charge is 0.241 e. The van der Waals surface area contributed by atoms with E-state index in [2.05, 4.69) is 22.3 Å². The third-order valence-corrected chi connectivity index (χ3v) is 5.14. The monoisotopic (exact) mass is 300 g/mol. The molecule has 2 saturated carbocycles. The molecule has 2 fully saturated rings. The van der Waals surface area contributed by atoms with Crippen LogP contribution in [0.2, 0.25) is 0 Å². The van der Waals surface area contributed by atoms with Crippen molar-refractivity contribution in [3.63, 3.8) is 0 Å². The van der Waals surface area contributed by atoms with Gasteiger partial charge in [0.05, 0.1) is 6.54 Å². The fourth-order valence-electron chi connectivity index (χ4n) is 3.93. The molecule has 0 atom stereocenters. The lowest BCUT2D eigenvalue weighted by molar-refractivity contribution is -0.118. The van der Waals surface area contributed by atoms with Gasteiger partial charge in [-0.2, -0.15) is 0 Å². The van der Waals surface area contributed by atoms with Crippen molar-refractivity contribution in [2.75, 3.05) is 11.4 Å². The summed E-state index contributed by atoms with van der Waals surface area (Å²) >= 11 is 0. The first-order valence-corrected chi connectivity index (χ1v) is 8.95. The Kier molecular flexibility index (Phi) is 5.49. The first-order valence-electron chi connectivity index (χ1n) is 8.95. The molecular formula is C19H28N2O. The third-order valence-electron chi connectivity index (χ3n) is 5.14. The Balaban J connectivity index is 1.67. The van der Waals surface area contributed by atoms with Crippen LogP contribution >= 0.6 is 0 Å². The minimum absolute atomic E-state index is 0.241. The van der Waals surface area contributed by atoms with Gasteiger partial charge < -0.3 is 10.2 Å². The number of para-hydroxylation sites is 1. The molecule has 120 valence electrons. The lowest BCUT2D eigenvalue weighted by Gasteiger charge is -2.35. The number of benzene rings is 1. The fourth-order valence-corrected chi connectivity index (χ4v) is 3.93. The van der Waals surface area contributed by atoms with E-state index in [1.165, 1.54) is 44.9 Å². The van der Waals surface area contributed by atoms with E-state index in [1.807, 2.05) is 18.2 Å². The Morgan fingerprint density at radius 2 is 1.59 bits per heavy atom. The highest BCUT2D eigenvalue weighted by atomic mass is 16.2. The van der Waals surface area contributed by atoms with Gasteiger partial charge >= 0.3 is 0 Å². The molecule has 0 aromatic heterocycles. The molecule has 1 N–H and O–H groups in total. The second-order valence-electron chi connectivity index (χ2n) is 6.75. The van der Waals surface area contributed by atoms with E-state index in [-0.39, 0.29) is 5.91 Å². The van der Waals surface area contributed by atoms with Crippen molar-refractivity contribution >= 4 is 11.6 Å². The molecule has 0 spiro atoms. The van der Waals surface area contributed by atoms with Crippen molar-refractivity contribution in [1.29, 1.82) is 0 Å². The lowest BCUT2D eigenvalue weighted by Crippen LogP contribution is -2.47. The summed E-state index contributed by atoms with van der Waals surface area (Å²) in [5.74, 6) is 0.241. The van der Waals surface area contributed by atoms with Gasteiger partial charge in [-0.1, -0.05) is 50.3 Å². The highest BCUT2D eigenvalue weighted by Crippen LogP contribution is 2.27. The van der Waals surface area contributed by atoms with Crippen molar-refractivity contribution < 1.29 is 4.79 Å². The molecule has 2 aliphatic carbocycles. The molecule has 3 heteroatoms. The summed E-state index contributed by atoms with van der Waals surface area (Å²) in [5.41, 5.74) is 1.06. The average Bonchev–Trinajstić information content (AvgIpc) is 3.09. The molecule has 0 saturated heterocycles. The number of anilines is 1. The number of hydrogen-bond acceptors (Lipinski definition) is 2. The third kappa shape index (κ3) is 3.89. The zero-order chi connectivity index (χ0) is 15.2. The average molecular weight is 300 g/mol. The molecule has 2 aliphatic rings. The van der Waals surface area contributed by atoms with E-state index < -0.39 is 0 Å². The molecule has 3 nitrogen and oxygen atoms in total. The second-order valence-corrected chi connectivity index (χ2v) is 6.75. The van der Waals surface area contributed by atoms with Crippen LogP contribution in [0, 0.1) is 0 Å². The van der Waals surface area contributed by atoms with Gasteiger partial charge in [0.2, 0.25) is 5.91 Å². The maximum atomic E-state index is 12.9. The number of carbonyl (C=O) groups is 1. The van der Waals surface area contributed by atoms with Gasteiger partial charge in [0.1, 0.15) is 0 Å². The maximum Gasteiger partial charge on any atom is 0.241 e. The van der Waals surface area contributed by atoms with Crippen molar-refractivity contribution in [2.24, 2.45) is 0 Å². The van der Waals surface area contributed by atoms with E-state index >= 15 is 0 Å². The van der Waals surface area contributed by atoms with Crippen molar-refractivity contribution in [2.45, 2.75) is 69.9 Å². The van der Waals surface area contributed by atoms with Gasteiger partial charge in [-0.15, -0.1) is 0 Å². The summed E-state index contributed by atoms with van der Waals surface area (Å²) in [5, 5.41) is 3.48. The van der Waals surface area contributed by atoms with Crippen LogP contribution in [0.3, 0.4) is 0 Å². The molecule has 3 rings (SSSR count). The van der Waals surface area contributed by atoms with E-state index in [4.69, 9.17) is 0 Å². The zero-order valence-corrected chi connectivity index (χ0v) is 13.5.